The van der Waals surface area contributed by atoms with Gasteiger partial charge in [-0.25, -0.2) is 17.6 Å². The Balaban J connectivity index is 1.63. The zero-order valence-corrected chi connectivity index (χ0v) is 16.8. The first-order valence-electron chi connectivity index (χ1n) is 9.34. The van der Waals surface area contributed by atoms with Gasteiger partial charge in [-0.2, -0.15) is 4.31 Å². The van der Waals surface area contributed by atoms with Gasteiger partial charge in [-0.1, -0.05) is 19.1 Å². The monoisotopic (exact) mass is 419 g/mol. The zero-order chi connectivity index (χ0) is 21.0. The van der Waals surface area contributed by atoms with Gasteiger partial charge >= 0.3 is 5.97 Å². The molecule has 2 aromatic rings. The number of piperidine rings is 1. The summed E-state index contributed by atoms with van der Waals surface area (Å²) in [6.07, 6.45) is 1.64. The molecule has 0 bridgehead atoms. The molecule has 0 radical (unpaired) electrons. The largest absolute Gasteiger partial charge is 0.454 e. The van der Waals surface area contributed by atoms with Crippen LogP contribution in [0.25, 0.3) is 0 Å². The number of rotatable bonds is 6. The molecule has 0 amide bonds. The Bertz CT molecular complexity index is 996. The lowest BCUT2D eigenvalue weighted by Crippen LogP contribution is -2.37. The summed E-state index contributed by atoms with van der Waals surface area (Å²) in [6.45, 7) is 2.45. The second-order valence-electron chi connectivity index (χ2n) is 7.09. The molecule has 1 heterocycles. The van der Waals surface area contributed by atoms with Crippen molar-refractivity contribution in [1.82, 2.24) is 4.31 Å². The molecule has 1 aliphatic rings. The zero-order valence-electron chi connectivity index (χ0n) is 16.0. The number of ether oxygens (including phenoxy) is 1. The van der Waals surface area contributed by atoms with Crippen molar-refractivity contribution >= 4 is 21.8 Å². The van der Waals surface area contributed by atoms with Gasteiger partial charge in [0.1, 0.15) is 5.82 Å². The van der Waals surface area contributed by atoms with Crippen molar-refractivity contribution < 1.29 is 27.1 Å². The number of halogens is 1. The molecule has 0 N–H and O–H groups in total. The van der Waals surface area contributed by atoms with Crippen LogP contribution in [0.5, 0.6) is 0 Å². The molecule has 29 heavy (non-hydrogen) atoms. The van der Waals surface area contributed by atoms with Gasteiger partial charge in [0.15, 0.2) is 6.61 Å². The topological polar surface area (TPSA) is 80.8 Å². The summed E-state index contributed by atoms with van der Waals surface area (Å²) < 4.78 is 45.4. The molecular formula is C21H22FNO5S. The van der Waals surface area contributed by atoms with Gasteiger partial charge in [-0.15, -0.1) is 0 Å². The smallest absolute Gasteiger partial charge is 0.338 e. The van der Waals surface area contributed by atoms with Crippen molar-refractivity contribution in [3.8, 4) is 0 Å². The predicted molar refractivity (Wildman–Crippen MR) is 105 cm³/mol. The number of sulfonamides is 1. The molecule has 0 saturated carbocycles. The van der Waals surface area contributed by atoms with Gasteiger partial charge in [0.2, 0.25) is 15.8 Å². The van der Waals surface area contributed by atoms with Gasteiger partial charge in [0.25, 0.3) is 0 Å². The number of hydrogen-bond donors (Lipinski definition) is 0. The van der Waals surface area contributed by atoms with Crippen LogP contribution in [-0.2, 0) is 14.8 Å². The SMILES string of the molecule is CC1CCN(S(=O)(=O)c2ccc(C(=O)OCC(=O)c3ccccc3F)cc2)CC1. The van der Waals surface area contributed by atoms with E-state index in [1.807, 2.05) is 0 Å². The number of carbonyl (C=O) groups is 2. The summed E-state index contributed by atoms with van der Waals surface area (Å²) >= 11 is 0. The quantitative estimate of drug-likeness (QED) is 0.530. The number of Topliss-reactive ketones (excluding diaryl/α,β-unsaturated/α-hetero) is 1. The minimum absolute atomic E-state index is 0.103. The summed E-state index contributed by atoms with van der Waals surface area (Å²) in [6, 6.07) is 10.8. The van der Waals surface area contributed by atoms with E-state index in [-0.39, 0.29) is 16.0 Å². The van der Waals surface area contributed by atoms with E-state index in [1.165, 1.54) is 46.8 Å². The number of carbonyl (C=O) groups excluding carboxylic acids is 2. The molecule has 0 spiro atoms. The Morgan fingerprint density at radius 3 is 2.31 bits per heavy atom. The van der Waals surface area contributed by atoms with Gasteiger partial charge < -0.3 is 4.74 Å². The molecule has 0 atom stereocenters. The number of esters is 1. The summed E-state index contributed by atoms with van der Waals surface area (Å²) in [4.78, 5) is 24.2. The van der Waals surface area contributed by atoms with Gasteiger partial charge in [0.05, 0.1) is 16.0 Å². The first-order valence-corrected chi connectivity index (χ1v) is 10.8. The molecule has 6 nitrogen and oxygen atoms in total. The first-order chi connectivity index (χ1) is 13.8. The van der Waals surface area contributed by atoms with Crippen LogP contribution in [0, 0.1) is 11.7 Å². The second-order valence-corrected chi connectivity index (χ2v) is 9.03. The highest BCUT2D eigenvalue weighted by Crippen LogP contribution is 2.23. The number of nitrogens with zero attached hydrogens (tertiary/aromatic N) is 1. The van der Waals surface area contributed by atoms with Crippen molar-refractivity contribution in [2.75, 3.05) is 19.7 Å². The van der Waals surface area contributed by atoms with E-state index in [4.69, 9.17) is 4.74 Å². The number of benzene rings is 2. The van der Waals surface area contributed by atoms with Crippen LogP contribution in [0.15, 0.2) is 53.4 Å². The molecule has 0 aromatic heterocycles. The third kappa shape index (κ3) is 4.89. The molecule has 2 aromatic carbocycles. The second kappa shape index (κ2) is 8.84. The molecular weight excluding hydrogens is 397 g/mol. The van der Waals surface area contributed by atoms with E-state index >= 15 is 0 Å². The fourth-order valence-electron chi connectivity index (χ4n) is 3.12. The van der Waals surface area contributed by atoms with Crippen LogP contribution in [0.1, 0.15) is 40.5 Å². The third-order valence-corrected chi connectivity index (χ3v) is 6.89. The Kier molecular flexibility index (Phi) is 6.44. The molecule has 154 valence electrons. The predicted octanol–water partition coefficient (Wildman–Crippen LogP) is 3.29. The average Bonchev–Trinajstić information content (AvgIpc) is 2.72. The summed E-state index contributed by atoms with van der Waals surface area (Å²) in [7, 11) is -3.61. The van der Waals surface area contributed by atoms with E-state index < -0.39 is 34.2 Å². The van der Waals surface area contributed by atoms with Crippen molar-refractivity contribution in [2.24, 2.45) is 5.92 Å². The summed E-state index contributed by atoms with van der Waals surface area (Å²) in [5.41, 5.74) is -0.0462. The lowest BCUT2D eigenvalue weighted by molar-refractivity contribution is 0.0473. The highest BCUT2D eigenvalue weighted by molar-refractivity contribution is 7.89. The van der Waals surface area contributed by atoms with Crippen molar-refractivity contribution in [3.63, 3.8) is 0 Å². The molecule has 1 aliphatic heterocycles. The standard InChI is InChI=1S/C21H22FNO5S/c1-15-10-12-23(13-11-15)29(26,27)17-8-6-16(7-9-17)21(25)28-14-20(24)18-4-2-3-5-19(18)22/h2-9,15H,10-14H2,1H3. The maximum atomic E-state index is 13.6. The van der Waals surface area contributed by atoms with E-state index in [1.54, 1.807) is 0 Å². The van der Waals surface area contributed by atoms with E-state index in [0.29, 0.717) is 19.0 Å². The van der Waals surface area contributed by atoms with Crippen molar-refractivity contribution in [3.05, 3.63) is 65.5 Å². The maximum absolute atomic E-state index is 13.6. The third-order valence-electron chi connectivity index (χ3n) is 4.98. The van der Waals surface area contributed by atoms with Crippen LogP contribution in [-0.4, -0.2) is 44.2 Å². The Hall–Kier alpha value is -2.58. The summed E-state index contributed by atoms with van der Waals surface area (Å²) in [5.74, 6) is -1.62. The lowest BCUT2D eigenvalue weighted by Gasteiger charge is -2.29. The van der Waals surface area contributed by atoms with Gasteiger partial charge in [0, 0.05) is 13.1 Å². The minimum atomic E-state index is -3.61. The average molecular weight is 419 g/mol. The van der Waals surface area contributed by atoms with Gasteiger partial charge in [-0.3, -0.25) is 4.79 Å². The minimum Gasteiger partial charge on any atom is -0.454 e. The number of hydrogen-bond acceptors (Lipinski definition) is 5. The van der Waals surface area contributed by atoms with E-state index in [2.05, 4.69) is 6.92 Å². The van der Waals surface area contributed by atoms with E-state index in [0.717, 1.165) is 18.9 Å². The molecule has 0 unspecified atom stereocenters. The highest BCUT2D eigenvalue weighted by Gasteiger charge is 2.28. The lowest BCUT2D eigenvalue weighted by atomic mass is 10.0. The Labute approximate surface area is 169 Å². The van der Waals surface area contributed by atoms with Crippen LogP contribution >= 0.6 is 0 Å². The van der Waals surface area contributed by atoms with Crippen LogP contribution < -0.4 is 0 Å². The molecule has 3 rings (SSSR count). The fourth-order valence-corrected chi connectivity index (χ4v) is 4.59. The summed E-state index contributed by atoms with van der Waals surface area (Å²) in [5, 5.41) is 0. The van der Waals surface area contributed by atoms with Crippen LogP contribution in [0.2, 0.25) is 0 Å². The molecule has 8 heteroatoms. The molecule has 0 aliphatic carbocycles. The van der Waals surface area contributed by atoms with Crippen molar-refractivity contribution in [2.45, 2.75) is 24.7 Å². The van der Waals surface area contributed by atoms with Gasteiger partial charge in [-0.05, 0) is 55.2 Å². The molecule has 1 saturated heterocycles. The Morgan fingerprint density at radius 1 is 1.07 bits per heavy atom. The van der Waals surface area contributed by atoms with Crippen LogP contribution in [0.3, 0.4) is 0 Å². The van der Waals surface area contributed by atoms with Crippen molar-refractivity contribution in [1.29, 1.82) is 0 Å². The first kappa shape index (κ1) is 21.1. The fraction of sp³-hybridized carbons (Fsp3) is 0.333. The normalized spacial score (nSPS) is 15.8. The Morgan fingerprint density at radius 2 is 1.69 bits per heavy atom. The number of ketones is 1. The van der Waals surface area contributed by atoms with E-state index in [9.17, 15) is 22.4 Å². The maximum Gasteiger partial charge on any atom is 0.338 e. The highest BCUT2D eigenvalue weighted by atomic mass is 32.2. The van der Waals surface area contributed by atoms with Crippen LogP contribution in [0.4, 0.5) is 4.39 Å². The molecule has 1 fully saturated rings.